The molecule has 0 radical (unpaired) electrons. The molecule has 3 aromatic rings. The highest BCUT2D eigenvalue weighted by Gasteiger charge is 2.28. The van der Waals surface area contributed by atoms with E-state index in [1.807, 2.05) is 19.1 Å². The molecule has 172 valence electrons. The maximum Gasteiger partial charge on any atom is 0.268 e. The van der Waals surface area contributed by atoms with Crippen LogP contribution in [-0.4, -0.2) is 47.7 Å². The van der Waals surface area contributed by atoms with Crippen LogP contribution in [0.25, 0.3) is 10.9 Å². The molecule has 0 saturated carbocycles. The fourth-order valence-electron chi connectivity index (χ4n) is 4.10. The fraction of sp³-hybridized carbons (Fsp3) is 0.458. The summed E-state index contributed by atoms with van der Waals surface area (Å²) in [5.74, 6) is 0.279. The number of likely N-dealkylation sites (tertiary alicyclic amines) is 1. The van der Waals surface area contributed by atoms with Crippen molar-refractivity contribution in [3.05, 3.63) is 58.5 Å². The van der Waals surface area contributed by atoms with Crippen molar-refractivity contribution in [2.45, 2.75) is 57.0 Å². The van der Waals surface area contributed by atoms with Crippen LogP contribution in [0.4, 0.5) is 0 Å². The van der Waals surface area contributed by atoms with Crippen LogP contribution < -0.4 is 0 Å². The molecule has 0 spiro atoms. The number of aryl methyl sites for hydroxylation is 1. The molecule has 6 nitrogen and oxygen atoms in total. The van der Waals surface area contributed by atoms with Crippen molar-refractivity contribution < 1.29 is 13.2 Å². The van der Waals surface area contributed by atoms with Crippen LogP contribution >= 0.6 is 15.9 Å². The summed E-state index contributed by atoms with van der Waals surface area (Å²) in [6.45, 7) is 10.6. The summed E-state index contributed by atoms with van der Waals surface area (Å²) in [5.41, 5.74) is 2.57. The van der Waals surface area contributed by atoms with Gasteiger partial charge in [0.2, 0.25) is 0 Å². The van der Waals surface area contributed by atoms with Crippen LogP contribution in [0.1, 0.15) is 50.7 Å². The number of pyridine rings is 1. The van der Waals surface area contributed by atoms with E-state index in [0.717, 1.165) is 42.4 Å². The van der Waals surface area contributed by atoms with Crippen LogP contribution in [0.15, 0.2) is 52.2 Å². The van der Waals surface area contributed by atoms with Gasteiger partial charge in [0.05, 0.1) is 22.7 Å². The molecular formula is C24H30BrN3O3S. The molecule has 32 heavy (non-hydrogen) atoms. The number of halogens is 1. The summed E-state index contributed by atoms with van der Waals surface area (Å²) < 4.78 is 35.0. The van der Waals surface area contributed by atoms with E-state index in [4.69, 9.17) is 4.74 Å². The van der Waals surface area contributed by atoms with E-state index in [-0.39, 0.29) is 16.4 Å². The van der Waals surface area contributed by atoms with Gasteiger partial charge < -0.3 is 4.74 Å². The third kappa shape index (κ3) is 4.93. The van der Waals surface area contributed by atoms with Crippen LogP contribution in [0, 0.1) is 6.92 Å². The predicted octanol–water partition coefficient (Wildman–Crippen LogP) is 5.30. The minimum atomic E-state index is -3.72. The molecule has 8 heteroatoms. The Bertz CT molecular complexity index is 1210. The smallest absolute Gasteiger partial charge is 0.268 e. The molecule has 0 unspecified atom stereocenters. The monoisotopic (exact) mass is 519 g/mol. The highest BCUT2D eigenvalue weighted by Crippen LogP contribution is 2.36. The molecular weight excluding hydrogens is 490 g/mol. The zero-order valence-corrected chi connectivity index (χ0v) is 21.4. The van der Waals surface area contributed by atoms with Crippen molar-refractivity contribution >= 4 is 36.9 Å². The molecule has 0 amide bonds. The highest BCUT2D eigenvalue weighted by molar-refractivity contribution is 9.10. The molecule has 4 rings (SSSR count). The minimum absolute atomic E-state index is 0.159. The normalized spacial score (nSPS) is 16.7. The number of hydrogen-bond acceptors (Lipinski definition) is 5. The van der Waals surface area contributed by atoms with Crippen molar-refractivity contribution in [2.75, 3.05) is 19.8 Å². The number of benzene rings is 1. The maximum atomic E-state index is 13.5. The lowest BCUT2D eigenvalue weighted by atomic mass is 9.90. The van der Waals surface area contributed by atoms with Crippen molar-refractivity contribution in [2.24, 2.45) is 0 Å². The standard InChI is InChI=1S/C24H30BrN3O3S/c1-17-5-7-19(8-6-17)32(29,30)28-15-21(20-14-26-23(25)13-22(20)28)18-9-11-27(12-10-18)16-31-24(2,3)4/h5-8,13-15,18H,9-12,16H2,1-4H3. The summed E-state index contributed by atoms with van der Waals surface area (Å²) in [6, 6.07) is 8.77. The average Bonchev–Trinajstić information content (AvgIpc) is 3.12. The van der Waals surface area contributed by atoms with Gasteiger partial charge in [-0.25, -0.2) is 17.4 Å². The van der Waals surface area contributed by atoms with E-state index in [2.05, 4.69) is 46.6 Å². The van der Waals surface area contributed by atoms with Crippen LogP contribution in [0.3, 0.4) is 0 Å². The Morgan fingerprint density at radius 3 is 2.44 bits per heavy atom. The number of rotatable bonds is 5. The first-order chi connectivity index (χ1) is 15.0. The molecule has 1 aromatic carbocycles. The van der Waals surface area contributed by atoms with Gasteiger partial charge in [-0.15, -0.1) is 0 Å². The first-order valence-corrected chi connectivity index (χ1v) is 13.1. The van der Waals surface area contributed by atoms with Crippen LogP contribution in [-0.2, 0) is 14.8 Å². The van der Waals surface area contributed by atoms with Gasteiger partial charge in [0.15, 0.2) is 0 Å². The van der Waals surface area contributed by atoms with Gasteiger partial charge in [-0.05, 0) is 86.1 Å². The summed E-state index contributed by atoms with van der Waals surface area (Å²) >= 11 is 3.41. The number of nitrogens with zero attached hydrogens (tertiary/aromatic N) is 3. The Labute approximate surface area is 198 Å². The predicted molar refractivity (Wildman–Crippen MR) is 130 cm³/mol. The third-order valence-corrected chi connectivity index (χ3v) is 8.06. The van der Waals surface area contributed by atoms with E-state index in [0.29, 0.717) is 16.9 Å². The lowest BCUT2D eigenvalue weighted by Crippen LogP contribution is -2.37. The SMILES string of the molecule is Cc1ccc(S(=O)(=O)n2cc(C3CCN(COC(C)(C)C)CC3)c3cnc(Br)cc32)cc1. The Morgan fingerprint density at radius 1 is 1.16 bits per heavy atom. The van der Waals surface area contributed by atoms with Gasteiger partial charge in [-0.2, -0.15) is 0 Å². The number of aromatic nitrogens is 2. The zero-order valence-electron chi connectivity index (χ0n) is 19.0. The molecule has 1 saturated heterocycles. The molecule has 1 fully saturated rings. The first-order valence-electron chi connectivity index (χ1n) is 10.9. The molecule has 0 bridgehead atoms. The van der Waals surface area contributed by atoms with Gasteiger partial charge in [0.25, 0.3) is 10.0 Å². The Morgan fingerprint density at radius 2 is 1.81 bits per heavy atom. The Hall–Kier alpha value is -1.74. The molecule has 2 aromatic heterocycles. The fourth-order valence-corrected chi connectivity index (χ4v) is 5.79. The van der Waals surface area contributed by atoms with Crippen LogP contribution in [0.5, 0.6) is 0 Å². The minimum Gasteiger partial charge on any atom is -0.360 e. The summed E-state index contributed by atoms with van der Waals surface area (Å²) in [4.78, 5) is 7.00. The van der Waals surface area contributed by atoms with Gasteiger partial charge >= 0.3 is 0 Å². The number of fused-ring (bicyclic) bond motifs is 1. The quantitative estimate of drug-likeness (QED) is 0.428. The second-order valence-electron chi connectivity index (χ2n) is 9.50. The topological polar surface area (TPSA) is 64.4 Å². The summed E-state index contributed by atoms with van der Waals surface area (Å²) in [5, 5.41) is 0.897. The third-order valence-electron chi connectivity index (χ3n) is 5.94. The van der Waals surface area contributed by atoms with E-state index < -0.39 is 10.0 Å². The highest BCUT2D eigenvalue weighted by atomic mass is 79.9. The number of hydrogen-bond donors (Lipinski definition) is 0. The molecule has 1 aliphatic rings. The van der Waals surface area contributed by atoms with Crippen molar-refractivity contribution in [1.29, 1.82) is 0 Å². The van der Waals surface area contributed by atoms with E-state index >= 15 is 0 Å². The summed E-state index contributed by atoms with van der Waals surface area (Å²) in [7, 11) is -3.72. The van der Waals surface area contributed by atoms with Crippen molar-refractivity contribution in [3.8, 4) is 0 Å². The number of piperidine rings is 1. The largest absolute Gasteiger partial charge is 0.360 e. The zero-order chi connectivity index (χ0) is 23.1. The van der Waals surface area contributed by atoms with Crippen molar-refractivity contribution in [3.63, 3.8) is 0 Å². The van der Waals surface area contributed by atoms with Crippen LogP contribution in [0.2, 0.25) is 0 Å². The average molecular weight is 520 g/mol. The molecule has 1 aliphatic heterocycles. The van der Waals surface area contributed by atoms with Gasteiger partial charge in [-0.3, -0.25) is 4.90 Å². The first kappa shape index (κ1) is 23.4. The lowest BCUT2D eigenvalue weighted by molar-refractivity contribution is -0.0689. The number of ether oxygens (including phenoxy) is 1. The second kappa shape index (κ2) is 8.89. The molecule has 3 heterocycles. The van der Waals surface area contributed by atoms with E-state index in [9.17, 15) is 8.42 Å². The van der Waals surface area contributed by atoms with Gasteiger partial charge in [0, 0.05) is 30.9 Å². The van der Waals surface area contributed by atoms with Gasteiger partial charge in [-0.1, -0.05) is 17.7 Å². The van der Waals surface area contributed by atoms with Crippen molar-refractivity contribution in [1.82, 2.24) is 13.9 Å². The van der Waals surface area contributed by atoms with Gasteiger partial charge in [0.1, 0.15) is 4.60 Å². The molecule has 0 N–H and O–H groups in total. The Balaban J connectivity index is 1.65. The Kier molecular flexibility index (Phi) is 6.51. The maximum absolute atomic E-state index is 13.5. The molecule has 0 atom stereocenters. The second-order valence-corrected chi connectivity index (χ2v) is 12.1. The van der Waals surface area contributed by atoms with E-state index in [1.165, 1.54) is 3.97 Å². The lowest BCUT2D eigenvalue weighted by Gasteiger charge is -2.33. The summed E-state index contributed by atoms with van der Waals surface area (Å²) in [6.07, 6.45) is 5.49. The van der Waals surface area contributed by atoms with E-state index in [1.54, 1.807) is 30.6 Å². The molecule has 0 aliphatic carbocycles.